The van der Waals surface area contributed by atoms with Crippen LogP contribution in [0.4, 0.5) is 5.69 Å². The minimum absolute atomic E-state index is 0.0255. The summed E-state index contributed by atoms with van der Waals surface area (Å²) < 4.78 is 10.8. The van der Waals surface area contributed by atoms with Gasteiger partial charge in [0, 0.05) is 31.2 Å². The van der Waals surface area contributed by atoms with Crippen LogP contribution in [-0.4, -0.2) is 80.0 Å². The van der Waals surface area contributed by atoms with Crippen LogP contribution >= 0.6 is 0 Å². The molecule has 0 aliphatic carbocycles. The van der Waals surface area contributed by atoms with Crippen LogP contribution in [0.1, 0.15) is 18.0 Å². The van der Waals surface area contributed by atoms with E-state index in [0.29, 0.717) is 19.8 Å². The topological polar surface area (TPSA) is 74.3 Å². The molecule has 7 nitrogen and oxygen atoms in total. The summed E-state index contributed by atoms with van der Waals surface area (Å²) in [4.78, 5) is 17.6. The van der Waals surface area contributed by atoms with Crippen molar-refractivity contribution in [3.05, 3.63) is 48.0 Å². The summed E-state index contributed by atoms with van der Waals surface area (Å²) in [6, 6.07) is 14.3. The third-order valence-electron chi connectivity index (χ3n) is 7.06. The van der Waals surface area contributed by atoms with Crippen molar-refractivity contribution in [3.63, 3.8) is 0 Å². The molecule has 3 atom stereocenters. The van der Waals surface area contributed by atoms with Crippen molar-refractivity contribution in [2.24, 2.45) is 5.92 Å². The highest BCUT2D eigenvalue weighted by Crippen LogP contribution is 2.47. The molecule has 2 aromatic carbocycles. The van der Waals surface area contributed by atoms with Gasteiger partial charge in [-0.25, -0.2) is 0 Å². The molecule has 0 aromatic heterocycles. The van der Waals surface area contributed by atoms with Crippen LogP contribution in [0.25, 0.3) is 11.1 Å². The first-order valence-electron chi connectivity index (χ1n) is 11.4. The van der Waals surface area contributed by atoms with E-state index >= 15 is 0 Å². The van der Waals surface area contributed by atoms with Crippen molar-refractivity contribution in [2.75, 3.05) is 58.4 Å². The lowest BCUT2D eigenvalue weighted by Crippen LogP contribution is -2.47. The molecule has 1 amide bonds. The van der Waals surface area contributed by atoms with Crippen molar-refractivity contribution in [2.45, 2.75) is 18.5 Å². The number of aliphatic hydroxyl groups is 1. The molecule has 3 aliphatic heterocycles. The highest BCUT2D eigenvalue weighted by molar-refractivity contribution is 5.80. The highest BCUT2D eigenvalue weighted by Gasteiger charge is 2.45. The summed E-state index contributed by atoms with van der Waals surface area (Å²) in [6.07, 6.45) is 0.889. The van der Waals surface area contributed by atoms with E-state index in [1.54, 1.807) is 7.11 Å². The van der Waals surface area contributed by atoms with Crippen LogP contribution in [0, 0.1) is 5.92 Å². The maximum absolute atomic E-state index is 13.4. The van der Waals surface area contributed by atoms with Gasteiger partial charge in [0.05, 0.1) is 45.6 Å². The smallest absolute Gasteiger partial charge is 0.237 e. The zero-order valence-electron chi connectivity index (χ0n) is 18.5. The largest absolute Gasteiger partial charge is 0.497 e. The minimum atomic E-state index is -0.0450. The molecule has 170 valence electrons. The summed E-state index contributed by atoms with van der Waals surface area (Å²) >= 11 is 0. The summed E-state index contributed by atoms with van der Waals surface area (Å²) in [5.41, 5.74) is 4.31. The predicted molar refractivity (Wildman–Crippen MR) is 123 cm³/mol. The Morgan fingerprint density at radius 3 is 2.75 bits per heavy atom. The molecule has 3 heterocycles. The quantitative estimate of drug-likeness (QED) is 0.748. The number of aliphatic hydroxyl groups excluding tert-OH is 1. The van der Waals surface area contributed by atoms with Crippen molar-refractivity contribution >= 4 is 11.6 Å². The third-order valence-corrected chi connectivity index (χ3v) is 7.06. The van der Waals surface area contributed by atoms with Crippen molar-refractivity contribution in [1.29, 1.82) is 0 Å². The van der Waals surface area contributed by atoms with E-state index in [9.17, 15) is 9.90 Å². The number of nitrogens with zero attached hydrogens (tertiary/aromatic N) is 2. The molecule has 2 N–H and O–H groups in total. The van der Waals surface area contributed by atoms with E-state index in [-0.39, 0.29) is 30.5 Å². The van der Waals surface area contributed by atoms with Gasteiger partial charge in [-0.1, -0.05) is 18.2 Å². The highest BCUT2D eigenvalue weighted by atomic mass is 16.5. The van der Waals surface area contributed by atoms with Crippen LogP contribution in [0.2, 0.25) is 0 Å². The number of rotatable bonds is 5. The molecule has 2 aromatic rings. The van der Waals surface area contributed by atoms with Crippen molar-refractivity contribution in [1.82, 2.24) is 9.80 Å². The van der Waals surface area contributed by atoms with Gasteiger partial charge in [0.1, 0.15) is 5.75 Å². The van der Waals surface area contributed by atoms with E-state index in [0.717, 1.165) is 54.2 Å². The van der Waals surface area contributed by atoms with Gasteiger partial charge in [-0.05, 0) is 47.4 Å². The first kappa shape index (κ1) is 21.2. The van der Waals surface area contributed by atoms with Crippen LogP contribution in [0.5, 0.6) is 5.75 Å². The number of nitrogens with one attached hydrogen (secondary N) is 1. The number of morpholine rings is 1. The number of carbonyl (C=O) groups is 1. The number of hydrogen-bond acceptors (Lipinski definition) is 6. The number of ether oxygens (including phenoxy) is 2. The molecule has 2 saturated heterocycles. The monoisotopic (exact) mass is 437 g/mol. The standard InChI is InChI=1S/C25H31N3O4/c1-31-19-4-2-3-17(13-19)18-5-6-22-21(14-18)25-20(23(16-29)26-22)7-8-28(25)24(30)15-27-9-11-32-12-10-27/h2-6,13-14,20,23,25-26,29H,7-12,15-16H2,1H3/t20-,23+,25-/m1/s1. The third kappa shape index (κ3) is 3.96. The Balaban J connectivity index is 1.47. The number of anilines is 1. The van der Waals surface area contributed by atoms with Gasteiger partial charge in [-0.15, -0.1) is 0 Å². The van der Waals surface area contributed by atoms with E-state index < -0.39 is 0 Å². The predicted octanol–water partition coefficient (Wildman–Crippen LogP) is 2.37. The minimum Gasteiger partial charge on any atom is -0.497 e. The maximum Gasteiger partial charge on any atom is 0.237 e. The lowest BCUT2D eigenvalue weighted by molar-refractivity contribution is -0.134. The summed E-state index contributed by atoms with van der Waals surface area (Å²) in [7, 11) is 1.67. The van der Waals surface area contributed by atoms with E-state index in [2.05, 4.69) is 34.5 Å². The molecule has 0 saturated carbocycles. The SMILES string of the molecule is COc1cccc(-c2ccc3c(c2)[C@H]2[C@H](CCN2C(=O)CN2CCOCC2)[C@H](CO)N3)c1. The fraction of sp³-hybridized carbons (Fsp3) is 0.480. The lowest BCUT2D eigenvalue weighted by atomic mass is 9.82. The average molecular weight is 438 g/mol. The molecule has 2 fully saturated rings. The maximum atomic E-state index is 13.4. The summed E-state index contributed by atoms with van der Waals surface area (Å²) in [5.74, 6) is 1.18. The zero-order valence-corrected chi connectivity index (χ0v) is 18.5. The number of hydrogen-bond donors (Lipinski definition) is 2. The molecule has 0 unspecified atom stereocenters. The molecular weight excluding hydrogens is 406 g/mol. The van der Waals surface area contributed by atoms with Crippen molar-refractivity contribution in [3.8, 4) is 16.9 Å². The number of likely N-dealkylation sites (tertiary alicyclic amines) is 1. The first-order valence-corrected chi connectivity index (χ1v) is 11.4. The number of benzene rings is 2. The zero-order chi connectivity index (χ0) is 22.1. The van der Waals surface area contributed by atoms with Crippen molar-refractivity contribution < 1.29 is 19.4 Å². The Morgan fingerprint density at radius 2 is 1.97 bits per heavy atom. The van der Waals surface area contributed by atoms with Crippen LogP contribution in [0.15, 0.2) is 42.5 Å². The van der Waals surface area contributed by atoms with Gasteiger partial charge in [0.2, 0.25) is 5.91 Å². The summed E-state index contributed by atoms with van der Waals surface area (Å²) in [6.45, 7) is 4.17. The molecule has 0 bridgehead atoms. The van der Waals surface area contributed by atoms with Crippen LogP contribution in [-0.2, 0) is 9.53 Å². The fourth-order valence-corrected chi connectivity index (χ4v) is 5.37. The first-order chi connectivity index (χ1) is 15.7. The lowest BCUT2D eigenvalue weighted by Gasteiger charge is -2.40. The Labute approximate surface area is 188 Å². The van der Waals surface area contributed by atoms with Gasteiger partial charge < -0.3 is 24.8 Å². The Kier molecular flexibility index (Phi) is 6.04. The molecule has 7 heteroatoms. The van der Waals surface area contributed by atoms with Gasteiger partial charge in [-0.3, -0.25) is 9.69 Å². The van der Waals surface area contributed by atoms with Gasteiger partial charge in [0.25, 0.3) is 0 Å². The Bertz CT molecular complexity index is 975. The molecular formula is C25H31N3O4. The second-order valence-corrected chi connectivity index (χ2v) is 8.84. The van der Waals surface area contributed by atoms with E-state index in [4.69, 9.17) is 9.47 Å². The van der Waals surface area contributed by atoms with Crippen LogP contribution < -0.4 is 10.1 Å². The van der Waals surface area contributed by atoms with E-state index in [1.807, 2.05) is 23.1 Å². The number of carbonyl (C=O) groups excluding carboxylic acids is 1. The summed E-state index contributed by atoms with van der Waals surface area (Å²) in [5, 5.41) is 13.6. The van der Waals surface area contributed by atoms with Gasteiger partial charge in [-0.2, -0.15) is 0 Å². The number of methoxy groups -OCH3 is 1. The average Bonchev–Trinajstić information content (AvgIpc) is 3.30. The number of fused-ring (bicyclic) bond motifs is 3. The molecule has 32 heavy (non-hydrogen) atoms. The second-order valence-electron chi connectivity index (χ2n) is 8.84. The molecule has 0 radical (unpaired) electrons. The Morgan fingerprint density at radius 1 is 1.16 bits per heavy atom. The number of amides is 1. The van der Waals surface area contributed by atoms with E-state index in [1.165, 1.54) is 0 Å². The molecule has 0 spiro atoms. The normalized spacial score (nSPS) is 25.1. The van der Waals surface area contributed by atoms with Crippen LogP contribution in [0.3, 0.4) is 0 Å². The molecule has 5 rings (SSSR count). The fourth-order valence-electron chi connectivity index (χ4n) is 5.37. The van der Waals surface area contributed by atoms with Gasteiger partial charge >= 0.3 is 0 Å². The molecule has 3 aliphatic rings. The Hall–Kier alpha value is -2.61. The second kappa shape index (κ2) is 9.10. The van der Waals surface area contributed by atoms with Gasteiger partial charge in [0.15, 0.2) is 0 Å².